The number of ether oxygens (including phenoxy) is 1. The Bertz CT molecular complexity index is 504. The highest BCUT2D eigenvalue weighted by atomic mass is 16.5. The first-order valence-corrected chi connectivity index (χ1v) is 6.06. The van der Waals surface area contributed by atoms with Crippen molar-refractivity contribution in [3.05, 3.63) is 71.3 Å². The molecular formula is C16H16O. The molecule has 2 aromatic rings. The van der Waals surface area contributed by atoms with Crippen molar-refractivity contribution in [2.24, 2.45) is 0 Å². The van der Waals surface area contributed by atoms with Crippen LogP contribution in [0.15, 0.2) is 54.6 Å². The monoisotopic (exact) mass is 224 g/mol. The average molecular weight is 224 g/mol. The fourth-order valence-corrected chi connectivity index (χ4v) is 2.81. The molecule has 1 heteroatoms. The molecule has 0 saturated carbocycles. The summed E-state index contributed by atoms with van der Waals surface area (Å²) >= 11 is 0. The minimum absolute atomic E-state index is 0.247. The lowest BCUT2D eigenvalue weighted by Gasteiger charge is -2.11. The molecule has 0 aromatic heterocycles. The zero-order chi connectivity index (χ0) is 11.7. The molecule has 0 bridgehead atoms. The molecule has 1 aliphatic rings. The van der Waals surface area contributed by atoms with Gasteiger partial charge in [-0.15, -0.1) is 0 Å². The summed E-state index contributed by atoms with van der Waals surface area (Å²) in [7, 11) is 1.80. The molecule has 2 aromatic carbocycles. The molecule has 0 aliphatic heterocycles. The Morgan fingerprint density at radius 3 is 2.24 bits per heavy atom. The normalized spacial score (nSPS) is 22.4. The second-order valence-electron chi connectivity index (χ2n) is 4.55. The second-order valence-corrected chi connectivity index (χ2v) is 4.55. The third kappa shape index (κ3) is 1.77. The molecule has 0 fully saturated rings. The molecule has 3 rings (SSSR count). The summed E-state index contributed by atoms with van der Waals surface area (Å²) in [5.74, 6) is 0.484. The van der Waals surface area contributed by atoms with Crippen LogP contribution in [-0.2, 0) is 4.74 Å². The summed E-state index contributed by atoms with van der Waals surface area (Å²) in [6.45, 7) is 0. The van der Waals surface area contributed by atoms with Crippen molar-refractivity contribution in [3.8, 4) is 0 Å². The van der Waals surface area contributed by atoms with Crippen LogP contribution in [0.1, 0.15) is 35.1 Å². The number of fused-ring (bicyclic) bond motifs is 1. The maximum atomic E-state index is 5.59. The lowest BCUT2D eigenvalue weighted by molar-refractivity contribution is 0.102. The van der Waals surface area contributed by atoms with Gasteiger partial charge in [0.15, 0.2) is 0 Å². The Hall–Kier alpha value is -1.60. The molecule has 0 amide bonds. The lowest BCUT2D eigenvalue weighted by atomic mass is 9.93. The number of methoxy groups -OCH3 is 1. The van der Waals surface area contributed by atoms with Gasteiger partial charge in [0.25, 0.3) is 0 Å². The van der Waals surface area contributed by atoms with E-state index in [1.807, 2.05) is 0 Å². The van der Waals surface area contributed by atoms with Gasteiger partial charge < -0.3 is 4.74 Å². The van der Waals surface area contributed by atoms with E-state index in [2.05, 4.69) is 54.6 Å². The molecule has 17 heavy (non-hydrogen) atoms. The van der Waals surface area contributed by atoms with E-state index in [1.54, 1.807) is 7.11 Å². The highest BCUT2D eigenvalue weighted by Gasteiger charge is 2.31. The van der Waals surface area contributed by atoms with E-state index in [0.717, 1.165) is 6.42 Å². The van der Waals surface area contributed by atoms with E-state index in [-0.39, 0.29) is 6.10 Å². The van der Waals surface area contributed by atoms with Crippen LogP contribution in [0.3, 0.4) is 0 Å². The third-order valence-electron chi connectivity index (χ3n) is 3.65. The predicted molar refractivity (Wildman–Crippen MR) is 69.1 cm³/mol. The van der Waals surface area contributed by atoms with Gasteiger partial charge >= 0.3 is 0 Å². The quantitative estimate of drug-likeness (QED) is 0.751. The van der Waals surface area contributed by atoms with Crippen molar-refractivity contribution >= 4 is 0 Å². The molecule has 0 radical (unpaired) electrons. The molecule has 0 spiro atoms. The molecule has 86 valence electrons. The number of benzene rings is 2. The molecule has 1 nitrogen and oxygen atoms in total. The standard InChI is InChI=1S/C16H16O/c1-17-16-11-15(12-7-3-2-4-8-12)13-9-5-6-10-14(13)16/h2-10,15-16H,11H2,1H3. The summed E-state index contributed by atoms with van der Waals surface area (Å²) in [4.78, 5) is 0. The molecule has 0 N–H and O–H groups in total. The zero-order valence-electron chi connectivity index (χ0n) is 9.97. The van der Waals surface area contributed by atoms with Crippen molar-refractivity contribution in [2.45, 2.75) is 18.4 Å². The van der Waals surface area contributed by atoms with Crippen molar-refractivity contribution in [3.63, 3.8) is 0 Å². The van der Waals surface area contributed by atoms with Gasteiger partial charge in [-0.1, -0.05) is 54.6 Å². The maximum Gasteiger partial charge on any atom is 0.0833 e. The van der Waals surface area contributed by atoms with Gasteiger partial charge in [-0.05, 0) is 23.1 Å². The summed E-state index contributed by atoms with van der Waals surface area (Å²) in [5, 5.41) is 0. The van der Waals surface area contributed by atoms with Gasteiger partial charge in [-0.2, -0.15) is 0 Å². The van der Waals surface area contributed by atoms with Gasteiger partial charge in [-0.3, -0.25) is 0 Å². The third-order valence-corrected chi connectivity index (χ3v) is 3.65. The van der Waals surface area contributed by atoms with Crippen LogP contribution in [0.25, 0.3) is 0 Å². The number of hydrogen-bond donors (Lipinski definition) is 0. The predicted octanol–water partition coefficient (Wildman–Crippen LogP) is 3.91. The molecule has 0 heterocycles. The van der Waals surface area contributed by atoms with Crippen molar-refractivity contribution in [1.82, 2.24) is 0 Å². The Morgan fingerprint density at radius 1 is 0.882 bits per heavy atom. The lowest BCUT2D eigenvalue weighted by Crippen LogP contribution is -1.97. The number of hydrogen-bond acceptors (Lipinski definition) is 1. The van der Waals surface area contributed by atoms with E-state index >= 15 is 0 Å². The van der Waals surface area contributed by atoms with Crippen LogP contribution >= 0.6 is 0 Å². The van der Waals surface area contributed by atoms with E-state index < -0.39 is 0 Å². The first kappa shape index (κ1) is 10.5. The van der Waals surface area contributed by atoms with Gasteiger partial charge in [0.1, 0.15) is 0 Å². The molecule has 2 atom stereocenters. The smallest absolute Gasteiger partial charge is 0.0833 e. The highest BCUT2D eigenvalue weighted by Crippen LogP contribution is 2.45. The van der Waals surface area contributed by atoms with Crippen LogP contribution < -0.4 is 0 Å². The minimum atomic E-state index is 0.247. The second kappa shape index (κ2) is 4.34. The summed E-state index contributed by atoms with van der Waals surface area (Å²) in [6, 6.07) is 19.3. The number of rotatable bonds is 2. The van der Waals surface area contributed by atoms with Crippen LogP contribution in [0, 0.1) is 0 Å². The topological polar surface area (TPSA) is 9.23 Å². The van der Waals surface area contributed by atoms with Gasteiger partial charge in [-0.25, -0.2) is 0 Å². The molecular weight excluding hydrogens is 208 g/mol. The minimum Gasteiger partial charge on any atom is -0.377 e. The summed E-state index contributed by atoms with van der Waals surface area (Å²) < 4.78 is 5.59. The van der Waals surface area contributed by atoms with Crippen LogP contribution in [0.2, 0.25) is 0 Å². The fraction of sp³-hybridized carbons (Fsp3) is 0.250. The van der Waals surface area contributed by atoms with E-state index in [0.29, 0.717) is 5.92 Å². The summed E-state index contributed by atoms with van der Waals surface area (Å²) in [6.07, 6.45) is 1.30. The Balaban J connectivity index is 2.05. The zero-order valence-corrected chi connectivity index (χ0v) is 9.97. The Kier molecular flexibility index (Phi) is 2.69. The highest BCUT2D eigenvalue weighted by molar-refractivity contribution is 5.43. The molecule has 0 saturated heterocycles. The van der Waals surface area contributed by atoms with Crippen LogP contribution in [0.4, 0.5) is 0 Å². The Morgan fingerprint density at radius 2 is 1.53 bits per heavy atom. The maximum absolute atomic E-state index is 5.59. The van der Waals surface area contributed by atoms with E-state index in [4.69, 9.17) is 4.74 Å². The first-order valence-electron chi connectivity index (χ1n) is 6.06. The first-order chi connectivity index (χ1) is 8.40. The van der Waals surface area contributed by atoms with Crippen LogP contribution in [0.5, 0.6) is 0 Å². The Labute approximate surface area is 102 Å². The van der Waals surface area contributed by atoms with Gasteiger partial charge in [0.05, 0.1) is 6.10 Å². The largest absolute Gasteiger partial charge is 0.377 e. The van der Waals surface area contributed by atoms with E-state index in [1.165, 1.54) is 16.7 Å². The van der Waals surface area contributed by atoms with Crippen LogP contribution in [-0.4, -0.2) is 7.11 Å². The average Bonchev–Trinajstić information content (AvgIpc) is 2.78. The van der Waals surface area contributed by atoms with Crippen molar-refractivity contribution in [1.29, 1.82) is 0 Å². The van der Waals surface area contributed by atoms with Gasteiger partial charge in [0.2, 0.25) is 0 Å². The summed E-state index contributed by atoms with van der Waals surface area (Å²) in [5.41, 5.74) is 4.16. The molecule has 2 unspecified atom stereocenters. The van der Waals surface area contributed by atoms with E-state index in [9.17, 15) is 0 Å². The SMILES string of the molecule is COC1CC(c2ccccc2)c2ccccc21. The van der Waals surface area contributed by atoms with Crippen molar-refractivity contribution < 1.29 is 4.74 Å². The van der Waals surface area contributed by atoms with Gasteiger partial charge in [0, 0.05) is 13.0 Å². The van der Waals surface area contributed by atoms with Crippen molar-refractivity contribution in [2.75, 3.05) is 7.11 Å². The fourth-order valence-electron chi connectivity index (χ4n) is 2.81. The molecule has 1 aliphatic carbocycles.